The second kappa shape index (κ2) is 9.66. The van der Waals surface area contributed by atoms with Crippen molar-refractivity contribution in [1.82, 2.24) is 9.88 Å². The molecule has 0 aliphatic carbocycles. The van der Waals surface area contributed by atoms with Crippen molar-refractivity contribution >= 4 is 27.9 Å². The third-order valence-electron chi connectivity index (χ3n) is 3.59. The number of benzene rings is 1. The first-order chi connectivity index (χ1) is 13.2. The van der Waals surface area contributed by atoms with Gasteiger partial charge in [0.15, 0.2) is 0 Å². The third-order valence-corrected chi connectivity index (χ3v) is 4.06. The van der Waals surface area contributed by atoms with Gasteiger partial charge in [0.2, 0.25) is 0 Å². The molecule has 1 aromatic heterocycles. The van der Waals surface area contributed by atoms with Crippen LogP contribution in [0.5, 0.6) is 0 Å². The van der Waals surface area contributed by atoms with Gasteiger partial charge in [-0.05, 0) is 54.4 Å². The summed E-state index contributed by atoms with van der Waals surface area (Å²) in [6, 6.07) is 12.1. The second-order valence-corrected chi connectivity index (χ2v) is 8.10. The van der Waals surface area contributed by atoms with Crippen LogP contribution in [0, 0.1) is 10.8 Å². The molecule has 0 spiro atoms. The van der Waals surface area contributed by atoms with Crippen LogP contribution in [-0.2, 0) is 16.1 Å². The van der Waals surface area contributed by atoms with Gasteiger partial charge in [0.05, 0.1) is 13.2 Å². The van der Waals surface area contributed by atoms with Crippen LogP contribution in [0.2, 0.25) is 0 Å². The number of alkyl carbamates (subject to hydrolysis) is 1. The van der Waals surface area contributed by atoms with E-state index in [0.29, 0.717) is 6.61 Å². The molecule has 150 valence electrons. The maximum Gasteiger partial charge on any atom is 0.408 e. The van der Waals surface area contributed by atoms with Crippen molar-refractivity contribution in [2.24, 2.45) is 0 Å². The molecular formula is C20H25BrN4O3. The smallest absolute Gasteiger partial charge is 0.408 e. The van der Waals surface area contributed by atoms with E-state index in [-0.39, 0.29) is 17.9 Å². The zero-order chi connectivity index (χ0) is 20.7. The number of amides is 1. The molecule has 28 heavy (non-hydrogen) atoms. The SMILES string of the molecule is CC(C)(C)OC(=O)N[C@H](COCc1ccccc1)C(=N)n1cc(Br)ccc1=N. The molecule has 2 aromatic rings. The Balaban J connectivity index is 2.14. The Bertz CT molecular complexity index is 875. The summed E-state index contributed by atoms with van der Waals surface area (Å²) in [6.45, 7) is 5.71. The van der Waals surface area contributed by atoms with E-state index in [1.807, 2.05) is 30.3 Å². The Morgan fingerprint density at radius 3 is 2.54 bits per heavy atom. The van der Waals surface area contributed by atoms with Crippen LogP contribution in [0.4, 0.5) is 4.79 Å². The molecule has 0 saturated carbocycles. The molecule has 0 bridgehead atoms. The number of hydrogen-bond donors (Lipinski definition) is 3. The zero-order valence-electron chi connectivity index (χ0n) is 16.2. The minimum Gasteiger partial charge on any atom is -0.444 e. The predicted octanol–water partition coefficient (Wildman–Crippen LogP) is 3.67. The molecule has 1 atom stereocenters. The van der Waals surface area contributed by atoms with Gasteiger partial charge in [0, 0.05) is 10.7 Å². The molecule has 0 fully saturated rings. The van der Waals surface area contributed by atoms with Crippen molar-refractivity contribution in [3.63, 3.8) is 0 Å². The lowest BCUT2D eigenvalue weighted by Crippen LogP contribution is -2.49. The molecule has 0 unspecified atom stereocenters. The second-order valence-electron chi connectivity index (χ2n) is 7.19. The van der Waals surface area contributed by atoms with E-state index in [0.717, 1.165) is 10.0 Å². The number of rotatable bonds is 6. The van der Waals surface area contributed by atoms with Crippen molar-refractivity contribution in [2.75, 3.05) is 6.61 Å². The molecule has 8 heteroatoms. The molecule has 0 aliphatic heterocycles. The van der Waals surface area contributed by atoms with Crippen molar-refractivity contribution in [3.8, 4) is 0 Å². The topological polar surface area (TPSA) is 100 Å². The molecule has 0 radical (unpaired) electrons. The van der Waals surface area contributed by atoms with E-state index in [9.17, 15) is 4.79 Å². The molecule has 1 heterocycles. The average Bonchev–Trinajstić information content (AvgIpc) is 2.61. The summed E-state index contributed by atoms with van der Waals surface area (Å²) in [5, 5.41) is 19.2. The normalized spacial score (nSPS) is 12.3. The summed E-state index contributed by atoms with van der Waals surface area (Å²) in [5.41, 5.74) is 0.444. The first-order valence-electron chi connectivity index (χ1n) is 8.78. The highest BCUT2D eigenvalue weighted by atomic mass is 79.9. The number of aromatic nitrogens is 1. The first-order valence-corrected chi connectivity index (χ1v) is 9.58. The van der Waals surface area contributed by atoms with Crippen molar-refractivity contribution < 1.29 is 14.3 Å². The zero-order valence-corrected chi connectivity index (χ0v) is 17.7. The monoisotopic (exact) mass is 448 g/mol. The summed E-state index contributed by atoms with van der Waals surface area (Å²) in [4.78, 5) is 12.2. The van der Waals surface area contributed by atoms with E-state index in [1.54, 1.807) is 39.1 Å². The van der Waals surface area contributed by atoms with Crippen molar-refractivity contribution in [1.29, 1.82) is 10.8 Å². The molecule has 2 rings (SSSR count). The Kier molecular flexibility index (Phi) is 7.53. The fourth-order valence-corrected chi connectivity index (χ4v) is 2.69. The van der Waals surface area contributed by atoms with Crippen LogP contribution < -0.4 is 10.8 Å². The van der Waals surface area contributed by atoms with Crippen molar-refractivity contribution in [2.45, 2.75) is 39.0 Å². The Labute approximate surface area is 172 Å². The summed E-state index contributed by atoms with van der Waals surface area (Å²) in [7, 11) is 0. The molecule has 0 aliphatic rings. The van der Waals surface area contributed by atoms with E-state index >= 15 is 0 Å². The number of hydrogen-bond acceptors (Lipinski definition) is 5. The molecule has 1 amide bonds. The molecule has 7 nitrogen and oxygen atoms in total. The highest BCUT2D eigenvalue weighted by Gasteiger charge is 2.23. The highest BCUT2D eigenvalue weighted by molar-refractivity contribution is 9.10. The van der Waals surface area contributed by atoms with E-state index < -0.39 is 17.7 Å². The predicted molar refractivity (Wildman–Crippen MR) is 110 cm³/mol. The number of halogens is 1. The van der Waals surface area contributed by atoms with Crippen LogP contribution in [0.1, 0.15) is 26.3 Å². The van der Waals surface area contributed by atoms with Crippen molar-refractivity contribution in [3.05, 3.63) is 64.2 Å². The Hall–Kier alpha value is -2.45. The summed E-state index contributed by atoms with van der Waals surface area (Å²) in [6.07, 6.45) is 0.957. The lowest BCUT2D eigenvalue weighted by Gasteiger charge is -2.25. The van der Waals surface area contributed by atoms with E-state index in [4.69, 9.17) is 20.3 Å². The number of pyridine rings is 1. The van der Waals surface area contributed by atoms with Crippen LogP contribution in [0.3, 0.4) is 0 Å². The maximum atomic E-state index is 12.2. The fraction of sp³-hybridized carbons (Fsp3) is 0.350. The fourth-order valence-electron chi connectivity index (χ4n) is 2.35. The average molecular weight is 449 g/mol. The molecule has 1 aromatic carbocycles. The van der Waals surface area contributed by atoms with Gasteiger partial charge in [-0.2, -0.15) is 0 Å². The molecular weight excluding hydrogens is 424 g/mol. The summed E-state index contributed by atoms with van der Waals surface area (Å²) >= 11 is 3.34. The summed E-state index contributed by atoms with van der Waals surface area (Å²) < 4.78 is 13.1. The quantitative estimate of drug-likeness (QED) is 0.464. The maximum absolute atomic E-state index is 12.2. The van der Waals surface area contributed by atoms with Crippen LogP contribution in [0.15, 0.2) is 53.1 Å². The van der Waals surface area contributed by atoms with Gasteiger partial charge < -0.3 is 14.8 Å². The summed E-state index contributed by atoms with van der Waals surface area (Å²) in [5.74, 6) is 0.00483. The molecule has 0 saturated heterocycles. The van der Waals surface area contributed by atoms with E-state index in [2.05, 4.69) is 21.2 Å². The lowest BCUT2D eigenvalue weighted by atomic mass is 10.2. The molecule has 3 N–H and O–H groups in total. The standard InChI is InChI=1S/C20H25BrN4O3/c1-20(2,3)28-19(26)24-16(13-27-12-14-7-5-4-6-8-14)18(23)25-11-15(21)9-10-17(25)22/h4-11,16,22-23H,12-13H2,1-3H3,(H,24,26)/t16-/m1/s1. The Morgan fingerprint density at radius 2 is 1.89 bits per heavy atom. The van der Waals surface area contributed by atoms with Crippen LogP contribution in [-0.4, -0.2) is 34.7 Å². The minimum atomic E-state index is -0.790. The van der Waals surface area contributed by atoms with E-state index in [1.165, 1.54) is 4.57 Å². The van der Waals surface area contributed by atoms with Gasteiger partial charge in [-0.15, -0.1) is 0 Å². The van der Waals surface area contributed by atoms with Gasteiger partial charge in [-0.1, -0.05) is 30.3 Å². The number of ether oxygens (including phenoxy) is 2. The number of nitrogens with zero attached hydrogens (tertiary/aromatic N) is 1. The minimum absolute atomic E-state index is 0.00483. The highest BCUT2D eigenvalue weighted by Crippen LogP contribution is 2.09. The van der Waals surface area contributed by atoms with Crippen LogP contribution >= 0.6 is 15.9 Å². The van der Waals surface area contributed by atoms with Gasteiger partial charge >= 0.3 is 6.09 Å². The number of carbonyl (C=O) groups is 1. The van der Waals surface area contributed by atoms with Gasteiger partial charge in [-0.3, -0.25) is 15.4 Å². The first kappa shape index (κ1) is 21.8. The third kappa shape index (κ3) is 6.94. The van der Waals surface area contributed by atoms with Gasteiger partial charge in [-0.25, -0.2) is 4.79 Å². The number of nitrogens with one attached hydrogen (secondary N) is 3. The lowest BCUT2D eigenvalue weighted by molar-refractivity contribution is 0.0466. The number of carbonyl (C=O) groups excluding carboxylic acids is 1. The van der Waals surface area contributed by atoms with Gasteiger partial charge in [0.1, 0.15) is 23.0 Å². The van der Waals surface area contributed by atoms with Gasteiger partial charge in [0.25, 0.3) is 0 Å². The Morgan fingerprint density at radius 1 is 1.21 bits per heavy atom. The largest absolute Gasteiger partial charge is 0.444 e. The van der Waals surface area contributed by atoms with Crippen LogP contribution in [0.25, 0.3) is 0 Å².